The summed E-state index contributed by atoms with van der Waals surface area (Å²) in [5, 5.41) is 2.95. The van der Waals surface area contributed by atoms with Gasteiger partial charge in [-0.2, -0.15) is 0 Å². The second kappa shape index (κ2) is 8.51. The Morgan fingerprint density at radius 2 is 1.69 bits per heavy atom. The minimum Gasteiger partial charge on any atom is -0.366 e. The third kappa shape index (κ3) is 4.34. The fourth-order valence-corrected chi connectivity index (χ4v) is 3.86. The lowest BCUT2D eigenvalue weighted by molar-refractivity contribution is -0.117. The molecule has 1 N–H and O–H groups in total. The average molecular weight is 396 g/mol. The van der Waals surface area contributed by atoms with E-state index in [2.05, 4.69) is 5.32 Å². The highest BCUT2D eigenvalue weighted by molar-refractivity contribution is 5.95. The first-order chi connectivity index (χ1) is 14.1. The molecule has 152 valence electrons. The molecule has 2 aromatic carbocycles. The van der Waals surface area contributed by atoms with E-state index in [9.17, 15) is 14.0 Å². The van der Waals surface area contributed by atoms with E-state index >= 15 is 0 Å². The van der Waals surface area contributed by atoms with Crippen LogP contribution in [0, 0.1) is 5.82 Å². The van der Waals surface area contributed by atoms with Crippen molar-refractivity contribution in [3.8, 4) is 0 Å². The van der Waals surface area contributed by atoms with Crippen molar-refractivity contribution in [1.82, 2.24) is 10.2 Å². The second-order valence-electron chi connectivity index (χ2n) is 7.40. The van der Waals surface area contributed by atoms with Gasteiger partial charge in [-0.25, -0.2) is 9.18 Å². The molecule has 2 aliphatic heterocycles. The molecule has 0 aliphatic carbocycles. The smallest absolute Gasteiger partial charge is 0.317 e. The predicted octanol–water partition coefficient (Wildman–Crippen LogP) is 2.98. The molecule has 0 saturated carbocycles. The van der Waals surface area contributed by atoms with E-state index in [1.165, 1.54) is 6.07 Å². The highest BCUT2D eigenvalue weighted by Gasteiger charge is 2.23. The summed E-state index contributed by atoms with van der Waals surface area (Å²) >= 11 is 0. The molecule has 2 aromatic rings. The normalized spacial score (nSPS) is 17.0. The monoisotopic (exact) mass is 396 g/mol. The topological polar surface area (TPSA) is 55.9 Å². The Kier molecular flexibility index (Phi) is 5.64. The molecule has 0 spiro atoms. The number of nitrogens with zero attached hydrogens (tertiary/aromatic N) is 3. The number of carbonyl (C=O) groups is 2. The summed E-state index contributed by atoms with van der Waals surface area (Å²) in [6.07, 6.45) is 1.52. The fourth-order valence-electron chi connectivity index (χ4n) is 3.86. The lowest BCUT2D eigenvalue weighted by Crippen LogP contribution is -2.51. The van der Waals surface area contributed by atoms with Crippen LogP contribution < -0.4 is 15.1 Å². The molecule has 0 radical (unpaired) electrons. The van der Waals surface area contributed by atoms with Crippen molar-refractivity contribution in [3.63, 3.8) is 0 Å². The first-order valence-corrected chi connectivity index (χ1v) is 10.0. The lowest BCUT2D eigenvalue weighted by Gasteiger charge is -2.36. The minimum absolute atomic E-state index is 0.114. The Morgan fingerprint density at radius 1 is 0.966 bits per heavy atom. The van der Waals surface area contributed by atoms with Gasteiger partial charge in [-0.15, -0.1) is 0 Å². The van der Waals surface area contributed by atoms with Crippen molar-refractivity contribution in [1.29, 1.82) is 0 Å². The van der Waals surface area contributed by atoms with E-state index in [0.29, 0.717) is 44.8 Å². The number of amides is 3. The van der Waals surface area contributed by atoms with E-state index < -0.39 is 0 Å². The number of benzene rings is 2. The quantitative estimate of drug-likeness (QED) is 0.865. The summed E-state index contributed by atoms with van der Waals surface area (Å²) in [6, 6.07) is 14.4. The van der Waals surface area contributed by atoms with Crippen LogP contribution in [-0.2, 0) is 11.3 Å². The number of nitrogens with one attached hydrogen (secondary N) is 1. The molecule has 6 nitrogen and oxygen atoms in total. The van der Waals surface area contributed by atoms with Gasteiger partial charge < -0.3 is 20.0 Å². The maximum atomic E-state index is 13.9. The van der Waals surface area contributed by atoms with Crippen LogP contribution in [0.15, 0.2) is 48.5 Å². The predicted molar refractivity (Wildman–Crippen MR) is 110 cm³/mol. The summed E-state index contributed by atoms with van der Waals surface area (Å²) in [7, 11) is 0. The Morgan fingerprint density at radius 3 is 2.34 bits per heavy atom. The Balaban J connectivity index is 1.26. The van der Waals surface area contributed by atoms with Crippen LogP contribution in [0.5, 0.6) is 0 Å². The standard InChI is InChI=1S/C22H25FN4O2/c23-19-4-1-2-5-20(19)25-12-14-26(15-13-25)22(29)24-16-17-7-9-18(10-8-17)27-11-3-6-21(27)28/h1-2,4-5,7-10H,3,6,11-16H2,(H,24,29). The highest BCUT2D eigenvalue weighted by atomic mass is 19.1. The summed E-state index contributed by atoms with van der Waals surface area (Å²) in [5.41, 5.74) is 2.48. The van der Waals surface area contributed by atoms with E-state index in [-0.39, 0.29) is 17.8 Å². The molecule has 0 atom stereocenters. The third-order valence-corrected chi connectivity index (χ3v) is 5.53. The summed E-state index contributed by atoms with van der Waals surface area (Å²) in [4.78, 5) is 29.8. The Labute approximate surface area is 169 Å². The number of hydrogen-bond acceptors (Lipinski definition) is 3. The van der Waals surface area contributed by atoms with Gasteiger partial charge in [-0.3, -0.25) is 4.79 Å². The van der Waals surface area contributed by atoms with Gasteiger partial charge in [-0.1, -0.05) is 24.3 Å². The molecular weight excluding hydrogens is 371 g/mol. The van der Waals surface area contributed by atoms with Crippen LogP contribution >= 0.6 is 0 Å². The SMILES string of the molecule is O=C(NCc1ccc(N2CCCC2=O)cc1)N1CCN(c2ccccc2F)CC1. The van der Waals surface area contributed by atoms with Crippen molar-refractivity contribution in [2.24, 2.45) is 0 Å². The molecule has 0 aromatic heterocycles. The molecule has 7 heteroatoms. The summed E-state index contributed by atoms with van der Waals surface area (Å²) in [5.74, 6) is -0.0648. The van der Waals surface area contributed by atoms with Crippen molar-refractivity contribution < 1.29 is 14.0 Å². The molecule has 2 saturated heterocycles. The van der Waals surface area contributed by atoms with Crippen LogP contribution in [0.1, 0.15) is 18.4 Å². The van der Waals surface area contributed by atoms with E-state index in [1.54, 1.807) is 21.9 Å². The second-order valence-corrected chi connectivity index (χ2v) is 7.40. The van der Waals surface area contributed by atoms with Gasteiger partial charge >= 0.3 is 6.03 Å². The molecular formula is C22H25FN4O2. The molecule has 2 fully saturated rings. The number of para-hydroxylation sites is 1. The van der Waals surface area contributed by atoms with Gasteiger partial charge in [0, 0.05) is 51.4 Å². The van der Waals surface area contributed by atoms with Gasteiger partial charge in [0.25, 0.3) is 0 Å². The summed E-state index contributed by atoms with van der Waals surface area (Å²) in [6.45, 7) is 3.51. The summed E-state index contributed by atoms with van der Waals surface area (Å²) < 4.78 is 13.9. The Bertz CT molecular complexity index is 879. The molecule has 3 amide bonds. The number of hydrogen-bond donors (Lipinski definition) is 1. The van der Waals surface area contributed by atoms with Crippen molar-refractivity contribution in [3.05, 3.63) is 59.9 Å². The third-order valence-electron chi connectivity index (χ3n) is 5.53. The van der Waals surface area contributed by atoms with Crippen LogP contribution in [0.3, 0.4) is 0 Å². The maximum Gasteiger partial charge on any atom is 0.317 e. The van der Waals surface area contributed by atoms with Gasteiger partial charge in [0.15, 0.2) is 0 Å². The van der Waals surface area contributed by atoms with Crippen LogP contribution in [0.4, 0.5) is 20.6 Å². The molecule has 2 aliphatic rings. The molecule has 0 bridgehead atoms. The molecule has 2 heterocycles. The average Bonchev–Trinajstić information content (AvgIpc) is 3.19. The van der Waals surface area contributed by atoms with E-state index in [0.717, 1.165) is 24.2 Å². The number of carbonyl (C=O) groups excluding carboxylic acids is 2. The first kappa shape index (κ1) is 19.2. The van der Waals surface area contributed by atoms with Crippen molar-refractivity contribution >= 4 is 23.3 Å². The van der Waals surface area contributed by atoms with E-state index in [1.807, 2.05) is 35.2 Å². The van der Waals surface area contributed by atoms with Gasteiger partial charge in [-0.05, 0) is 36.2 Å². The number of rotatable bonds is 4. The lowest BCUT2D eigenvalue weighted by atomic mass is 10.2. The molecule has 0 unspecified atom stereocenters. The number of anilines is 2. The fraction of sp³-hybridized carbons (Fsp3) is 0.364. The van der Waals surface area contributed by atoms with Crippen molar-refractivity contribution in [2.45, 2.75) is 19.4 Å². The van der Waals surface area contributed by atoms with Crippen LogP contribution in [0.25, 0.3) is 0 Å². The number of urea groups is 1. The molecule has 29 heavy (non-hydrogen) atoms. The zero-order valence-electron chi connectivity index (χ0n) is 16.3. The zero-order chi connectivity index (χ0) is 20.2. The number of halogens is 1. The molecule has 4 rings (SSSR count). The maximum absolute atomic E-state index is 13.9. The van der Waals surface area contributed by atoms with Gasteiger partial charge in [0.05, 0.1) is 5.69 Å². The first-order valence-electron chi connectivity index (χ1n) is 10.0. The van der Waals surface area contributed by atoms with Gasteiger partial charge in [0.2, 0.25) is 5.91 Å². The highest BCUT2D eigenvalue weighted by Crippen LogP contribution is 2.22. The minimum atomic E-state index is -0.232. The van der Waals surface area contributed by atoms with Gasteiger partial charge in [0.1, 0.15) is 5.82 Å². The zero-order valence-corrected chi connectivity index (χ0v) is 16.3. The van der Waals surface area contributed by atoms with Crippen molar-refractivity contribution in [2.75, 3.05) is 42.5 Å². The van der Waals surface area contributed by atoms with Crippen LogP contribution in [0.2, 0.25) is 0 Å². The number of piperazine rings is 1. The van der Waals surface area contributed by atoms with E-state index in [4.69, 9.17) is 0 Å². The Hall–Kier alpha value is -3.09. The largest absolute Gasteiger partial charge is 0.366 e. The van der Waals surface area contributed by atoms with Crippen LogP contribution in [-0.4, -0.2) is 49.6 Å².